The zero-order valence-electron chi connectivity index (χ0n) is 21.6. The van der Waals surface area contributed by atoms with E-state index >= 15 is 0 Å². The first-order chi connectivity index (χ1) is 18.9. The monoisotopic (exact) mass is 515 g/mol. The second-order valence-corrected chi connectivity index (χ2v) is 9.72. The fraction of sp³-hybridized carbons (Fsp3) is 0.121. The predicted molar refractivity (Wildman–Crippen MR) is 152 cm³/mol. The highest BCUT2D eigenvalue weighted by molar-refractivity contribution is 6.03. The van der Waals surface area contributed by atoms with Crippen LogP contribution in [0.1, 0.15) is 34.7 Å². The van der Waals surface area contributed by atoms with Crippen LogP contribution < -0.4 is 15.9 Å². The SMILES string of the molecule is CC(=O)Oc1c(Cc2ccccc2)c(=O)oc2c(Cc3ccccc3)c(=O)n3c4ccc(C)cc4ccc3c12. The summed E-state index contributed by atoms with van der Waals surface area (Å²) in [6.07, 6.45) is 0.440. The fourth-order valence-electron chi connectivity index (χ4n) is 5.19. The number of rotatable bonds is 5. The van der Waals surface area contributed by atoms with Crippen LogP contribution in [0, 0.1) is 6.92 Å². The van der Waals surface area contributed by atoms with Crippen molar-refractivity contribution in [3.63, 3.8) is 0 Å². The Bertz CT molecular complexity index is 2000. The maximum atomic E-state index is 14.2. The van der Waals surface area contributed by atoms with Crippen molar-refractivity contribution < 1.29 is 13.9 Å². The van der Waals surface area contributed by atoms with Gasteiger partial charge in [0.15, 0.2) is 11.3 Å². The van der Waals surface area contributed by atoms with Gasteiger partial charge in [-0.05, 0) is 41.6 Å². The second kappa shape index (κ2) is 9.72. The van der Waals surface area contributed by atoms with Gasteiger partial charge < -0.3 is 9.15 Å². The van der Waals surface area contributed by atoms with E-state index in [1.165, 1.54) is 6.92 Å². The molecule has 6 nitrogen and oxygen atoms in total. The lowest BCUT2D eigenvalue weighted by molar-refractivity contribution is -0.131. The average Bonchev–Trinajstić information content (AvgIpc) is 2.93. The van der Waals surface area contributed by atoms with E-state index in [-0.39, 0.29) is 35.3 Å². The lowest BCUT2D eigenvalue weighted by atomic mass is 9.99. The third-order valence-corrected chi connectivity index (χ3v) is 6.94. The van der Waals surface area contributed by atoms with Gasteiger partial charge in [-0.25, -0.2) is 4.79 Å². The van der Waals surface area contributed by atoms with E-state index in [1.807, 2.05) is 97.9 Å². The molecule has 0 aliphatic carbocycles. The summed E-state index contributed by atoms with van der Waals surface area (Å²) < 4.78 is 13.4. The molecule has 0 atom stereocenters. The fourth-order valence-corrected chi connectivity index (χ4v) is 5.19. The minimum absolute atomic E-state index is 0.121. The Hall–Kier alpha value is -4.97. The van der Waals surface area contributed by atoms with Gasteiger partial charge in [0.1, 0.15) is 0 Å². The Morgan fingerprint density at radius 3 is 2.05 bits per heavy atom. The van der Waals surface area contributed by atoms with Crippen LogP contribution in [-0.4, -0.2) is 10.4 Å². The number of hydrogen-bond donors (Lipinski definition) is 0. The summed E-state index contributed by atoms with van der Waals surface area (Å²) in [5.74, 6) is -0.447. The highest BCUT2D eigenvalue weighted by Crippen LogP contribution is 2.35. The van der Waals surface area contributed by atoms with Gasteiger partial charge in [-0.1, -0.05) is 78.4 Å². The quantitative estimate of drug-likeness (QED) is 0.209. The second-order valence-electron chi connectivity index (χ2n) is 9.72. The third kappa shape index (κ3) is 4.40. The van der Waals surface area contributed by atoms with Crippen molar-refractivity contribution in [2.24, 2.45) is 0 Å². The van der Waals surface area contributed by atoms with Crippen LogP contribution in [0.5, 0.6) is 5.75 Å². The summed E-state index contributed by atoms with van der Waals surface area (Å²) in [5.41, 5.74) is 3.77. The maximum Gasteiger partial charge on any atom is 0.343 e. The van der Waals surface area contributed by atoms with E-state index in [4.69, 9.17) is 9.15 Å². The molecule has 0 spiro atoms. The normalized spacial score (nSPS) is 11.3. The summed E-state index contributed by atoms with van der Waals surface area (Å²) in [6, 6.07) is 28.6. The maximum absolute atomic E-state index is 14.2. The lowest BCUT2D eigenvalue weighted by Crippen LogP contribution is -2.23. The van der Waals surface area contributed by atoms with Crippen LogP contribution in [0.3, 0.4) is 0 Å². The Labute approximate surface area is 223 Å². The van der Waals surface area contributed by atoms with Gasteiger partial charge in [0.2, 0.25) is 0 Å². The van der Waals surface area contributed by atoms with Gasteiger partial charge in [-0.2, -0.15) is 0 Å². The molecule has 0 aliphatic rings. The van der Waals surface area contributed by atoms with Gasteiger partial charge >= 0.3 is 11.6 Å². The van der Waals surface area contributed by atoms with Crippen LogP contribution in [0.25, 0.3) is 27.4 Å². The molecular weight excluding hydrogens is 490 g/mol. The number of carbonyl (C=O) groups excluding carboxylic acids is 1. The predicted octanol–water partition coefficient (Wildman–Crippen LogP) is 5.97. The first-order valence-electron chi connectivity index (χ1n) is 12.7. The van der Waals surface area contributed by atoms with E-state index in [0.717, 1.165) is 22.1 Å². The highest BCUT2D eigenvalue weighted by atomic mass is 16.5. The standard InChI is InChI=1S/C33H25NO5/c1-20-13-15-27-24(17-20)14-16-28-29-30(25(32(36)34(27)28)18-22-9-5-3-6-10-22)39-33(37)26(31(29)38-21(2)35)19-23-11-7-4-8-12-23/h3-17H,18-19H2,1-2H3. The Morgan fingerprint density at radius 1 is 0.795 bits per heavy atom. The minimum atomic E-state index is -0.642. The van der Waals surface area contributed by atoms with Gasteiger partial charge in [0.25, 0.3) is 5.56 Å². The summed E-state index contributed by atoms with van der Waals surface area (Å²) in [6.45, 7) is 3.30. The van der Waals surface area contributed by atoms with Gasteiger partial charge in [-0.15, -0.1) is 0 Å². The molecule has 0 aliphatic heterocycles. The Kier molecular flexibility index (Phi) is 6.08. The molecule has 0 fully saturated rings. The zero-order valence-corrected chi connectivity index (χ0v) is 21.6. The molecule has 192 valence electrons. The molecule has 6 heteroatoms. The number of esters is 1. The molecule has 3 aromatic carbocycles. The molecule has 39 heavy (non-hydrogen) atoms. The molecular formula is C33H25NO5. The van der Waals surface area contributed by atoms with Crippen LogP contribution in [0.4, 0.5) is 0 Å². The van der Waals surface area contributed by atoms with Crippen molar-refractivity contribution in [1.82, 2.24) is 4.40 Å². The van der Waals surface area contributed by atoms with E-state index in [0.29, 0.717) is 22.0 Å². The summed E-state index contributed by atoms with van der Waals surface area (Å²) in [4.78, 5) is 40.0. The molecule has 0 amide bonds. The van der Waals surface area contributed by atoms with Crippen molar-refractivity contribution in [2.75, 3.05) is 0 Å². The molecule has 0 unspecified atom stereocenters. The van der Waals surface area contributed by atoms with Gasteiger partial charge in [0.05, 0.1) is 27.5 Å². The van der Waals surface area contributed by atoms with Crippen LogP contribution in [-0.2, 0) is 17.6 Å². The number of aryl methyl sites for hydroxylation is 1. The number of ether oxygens (including phenoxy) is 1. The molecule has 0 N–H and O–H groups in total. The number of carbonyl (C=O) groups is 1. The Morgan fingerprint density at radius 2 is 1.41 bits per heavy atom. The third-order valence-electron chi connectivity index (χ3n) is 6.94. The summed E-state index contributed by atoms with van der Waals surface area (Å²) in [5, 5.41) is 1.31. The van der Waals surface area contributed by atoms with Crippen LogP contribution >= 0.6 is 0 Å². The summed E-state index contributed by atoms with van der Waals surface area (Å²) >= 11 is 0. The first kappa shape index (κ1) is 24.4. The number of pyridine rings is 2. The molecule has 6 rings (SSSR count). The van der Waals surface area contributed by atoms with Crippen molar-refractivity contribution in [3.8, 4) is 5.75 Å². The highest BCUT2D eigenvalue weighted by Gasteiger charge is 2.25. The zero-order chi connectivity index (χ0) is 27.1. The number of hydrogen-bond acceptors (Lipinski definition) is 5. The molecule has 6 aromatic rings. The number of nitrogens with zero attached hydrogens (tertiary/aromatic N) is 1. The van der Waals surface area contributed by atoms with Crippen LogP contribution in [0.15, 0.2) is 105 Å². The van der Waals surface area contributed by atoms with Crippen molar-refractivity contribution >= 4 is 33.4 Å². The first-order valence-corrected chi connectivity index (χ1v) is 12.7. The van der Waals surface area contributed by atoms with E-state index in [1.54, 1.807) is 4.40 Å². The molecule has 0 radical (unpaired) electrons. The molecule has 3 heterocycles. The lowest BCUT2D eigenvalue weighted by Gasteiger charge is -2.17. The van der Waals surface area contributed by atoms with Crippen molar-refractivity contribution in [1.29, 1.82) is 0 Å². The van der Waals surface area contributed by atoms with E-state index < -0.39 is 11.6 Å². The number of fused-ring (bicyclic) bond motifs is 5. The van der Waals surface area contributed by atoms with Crippen molar-refractivity contribution in [2.45, 2.75) is 26.7 Å². The van der Waals surface area contributed by atoms with E-state index in [9.17, 15) is 14.4 Å². The van der Waals surface area contributed by atoms with Crippen LogP contribution in [0.2, 0.25) is 0 Å². The topological polar surface area (TPSA) is 78.0 Å². The molecule has 3 aromatic heterocycles. The molecule has 0 bridgehead atoms. The van der Waals surface area contributed by atoms with Gasteiger partial charge in [0, 0.05) is 19.8 Å². The smallest absolute Gasteiger partial charge is 0.343 e. The van der Waals surface area contributed by atoms with E-state index in [2.05, 4.69) is 0 Å². The molecule has 0 saturated heterocycles. The van der Waals surface area contributed by atoms with Crippen molar-refractivity contribution in [3.05, 3.63) is 140 Å². The Balaban J connectivity index is 1.79. The molecule has 0 saturated carbocycles. The average molecular weight is 516 g/mol. The number of benzene rings is 3. The largest absolute Gasteiger partial charge is 0.425 e. The minimum Gasteiger partial charge on any atom is -0.425 e. The van der Waals surface area contributed by atoms with Gasteiger partial charge in [-0.3, -0.25) is 14.0 Å². The number of aromatic nitrogens is 1. The summed E-state index contributed by atoms with van der Waals surface area (Å²) in [7, 11) is 0.